The second kappa shape index (κ2) is 4.22. The third kappa shape index (κ3) is 2.04. The van der Waals surface area contributed by atoms with Gasteiger partial charge in [0, 0.05) is 17.8 Å². The number of esters is 1. The minimum absolute atomic E-state index is 0.101. The van der Waals surface area contributed by atoms with E-state index in [1.165, 1.54) is 0 Å². The summed E-state index contributed by atoms with van der Waals surface area (Å²) in [7, 11) is 0. The molecule has 0 amide bonds. The van der Waals surface area contributed by atoms with Crippen LogP contribution >= 0.6 is 0 Å². The van der Waals surface area contributed by atoms with Crippen LogP contribution in [-0.4, -0.2) is 17.5 Å². The smallest absolute Gasteiger partial charge is 0.310 e. The molecule has 0 aromatic rings. The maximum absolute atomic E-state index is 12.3. The number of carboxylic acids is 1. The fourth-order valence-corrected chi connectivity index (χ4v) is 4.77. The standard InChI is InChI=1S/C16H26O4/c1-14(2,3)11(12(17)18)16(6)8-7-9-10(16)13(19)20-15(9,4)5/h9-11H,7-8H2,1-6H3,(H,17,18)/p-1. The number of fused-ring (bicyclic) bond motifs is 1. The molecule has 114 valence electrons. The van der Waals surface area contributed by atoms with Crippen molar-refractivity contribution in [2.75, 3.05) is 0 Å². The predicted molar refractivity (Wildman–Crippen MR) is 72.4 cm³/mol. The Bertz CT molecular complexity index is 446. The molecule has 1 saturated heterocycles. The molecule has 1 aliphatic carbocycles. The third-order valence-electron chi connectivity index (χ3n) is 5.38. The average molecular weight is 281 g/mol. The Morgan fingerprint density at radius 2 is 1.90 bits per heavy atom. The summed E-state index contributed by atoms with van der Waals surface area (Å²) >= 11 is 0. The molecule has 4 unspecified atom stereocenters. The van der Waals surface area contributed by atoms with Crippen LogP contribution in [0.15, 0.2) is 0 Å². The van der Waals surface area contributed by atoms with Gasteiger partial charge in [0.2, 0.25) is 0 Å². The van der Waals surface area contributed by atoms with Gasteiger partial charge in [0.15, 0.2) is 0 Å². The first-order valence-electron chi connectivity index (χ1n) is 7.35. The fourth-order valence-electron chi connectivity index (χ4n) is 4.77. The Kier molecular flexibility index (Phi) is 3.23. The van der Waals surface area contributed by atoms with Gasteiger partial charge in [-0.3, -0.25) is 4.79 Å². The number of rotatable bonds is 2. The van der Waals surface area contributed by atoms with Crippen LogP contribution in [0.3, 0.4) is 0 Å². The van der Waals surface area contributed by atoms with Crippen molar-refractivity contribution in [2.24, 2.45) is 28.6 Å². The van der Waals surface area contributed by atoms with Gasteiger partial charge in [-0.05, 0) is 37.5 Å². The molecule has 0 aromatic heterocycles. The number of carbonyl (C=O) groups excluding carboxylic acids is 2. The highest BCUT2D eigenvalue weighted by atomic mass is 16.6. The molecule has 4 nitrogen and oxygen atoms in total. The van der Waals surface area contributed by atoms with Crippen LogP contribution in [0.25, 0.3) is 0 Å². The quantitative estimate of drug-likeness (QED) is 0.723. The number of hydrogen-bond donors (Lipinski definition) is 0. The van der Waals surface area contributed by atoms with Crippen molar-refractivity contribution in [1.29, 1.82) is 0 Å². The molecule has 1 aliphatic heterocycles. The summed E-state index contributed by atoms with van der Waals surface area (Å²) in [6.07, 6.45) is 1.57. The van der Waals surface area contributed by atoms with E-state index in [2.05, 4.69) is 0 Å². The maximum Gasteiger partial charge on any atom is 0.310 e. The van der Waals surface area contributed by atoms with E-state index in [9.17, 15) is 14.7 Å². The van der Waals surface area contributed by atoms with E-state index in [1.807, 2.05) is 41.5 Å². The topological polar surface area (TPSA) is 66.4 Å². The van der Waals surface area contributed by atoms with Crippen molar-refractivity contribution in [1.82, 2.24) is 0 Å². The van der Waals surface area contributed by atoms with E-state index in [0.29, 0.717) is 0 Å². The first kappa shape index (κ1) is 15.3. The number of carboxylic acid groups (broad SMARTS) is 1. The van der Waals surface area contributed by atoms with Gasteiger partial charge in [0.1, 0.15) is 5.60 Å². The zero-order chi connectivity index (χ0) is 15.5. The molecule has 2 rings (SSSR count). The van der Waals surface area contributed by atoms with Crippen LogP contribution < -0.4 is 5.11 Å². The molecule has 0 spiro atoms. The number of cyclic esters (lactones) is 1. The minimum Gasteiger partial charge on any atom is -0.550 e. The van der Waals surface area contributed by atoms with Crippen molar-refractivity contribution < 1.29 is 19.4 Å². The Balaban J connectivity index is 2.46. The summed E-state index contributed by atoms with van der Waals surface area (Å²) in [6.45, 7) is 11.5. The molecule has 0 bridgehead atoms. The highest BCUT2D eigenvalue weighted by molar-refractivity contribution is 5.80. The minimum atomic E-state index is -1.06. The number of ether oxygens (including phenoxy) is 1. The monoisotopic (exact) mass is 281 g/mol. The maximum atomic E-state index is 12.3. The van der Waals surface area contributed by atoms with E-state index < -0.39 is 28.3 Å². The lowest BCUT2D eigenvalue weighted by molar-refractivity contribution is -0.320. The molecule has 0 aromatic carbocycles. The molecule has 20 heavy (non-hydrogen) atoms. The van der Waals surface area contributed by atoms with Gasteiger partial charge in [0.05, 0.1) is 5.92 Å². The van der Waals surface area contributed by atoms with Crippen LogP contribution in [0.4, 0.5) is 0 Å². The zero-order valence-corrected chi connectivity index (χ0v) is 13.3. The molecule has 2 fully saturated rings. The van der Waals surface area contributed by atoms with E-state index in [-0.39, 0.29) is 17.8 Å². The van der Waals surface area contributed by atoms with Crippen molar-refractivity contribution in [2.45, 2.75) is 60.0 Å². The van der Waals surface area contributed by atoms with Crippen molar-refractivity contribution >= 4 is 11.9 Å². The number of hydrogen-bond acceptors (Lipinski definition) is 4. The van der Waals surface area contributed by atoms with E-state index in [1.54, 1.807) is 0 Å². The number of carbonyl (C=O) groups is 2. The van der Waals surface area contributed by atoms with Gasteiger partial charge in [-0.1, -0.05) is 27.7 Å². The van der Waals surface area contributed by atoms with Gasteiger partial charge in [0.25, 0.3) is 0 Å². The van der Waals surface area contributed by atoms with Crippen LogP contribution in [-0.2, 0) is 14.3 Å². The van der Waals surface area contributed by atoms with Crippen LogP contribution in [0.5, 0.6) is 0 Å². The van der Waals surface area contributed by atoms with Gasteiger partial charge in [-0.2, -0.15) is 0 Å². The Hall–Kier alpha value is -1.06. The fraction of sp³-hybridized carbons (Fsp3) is 0.875. The molecule has 1 saturated carbocycles. The lowest BCUT2D eigenvalue weighted by atomic mass is 9.59. The summed E-state index contributed by atoms with van der Waals surface area (Å²) in [5.41, 5.74) is -1.53. The van der Waals surface area contributed by atoms with Crippen LogP contribution in [0, 0.1) is 28.6 Å². The molecule has 4 heteroatoms. The van der Waals surface area contributed by atoms with Crippen molar-refractivity contribution in [3.63, 3.8) is 0 Å². The van der Waals surface area contributed by atoms with E-state index in [0.717, 1.165) is 12.8 Å². The predicted octanol–water partition coefficient (Wildman–Crippen LogP) is 1.77. The summed E-state index contributed by atoms with van der Waals surface area (Å²) in [4.78, 5) is 24.0. The summed E-state index contributed by atoms with van der Waals surface area (Å²) in [6, 6.07) is 0. The molecular formula is C16H25O4-. The Morgan fingerprint density at radius 3 is 2.35 bits per heavy atom. The lowest BCUT2D eigenvalue weighted by Gasteiger charge is -2.45. The second-order valence-corrected chi connectivity index (χ2v) is 8.27. The summed E-state index contributed by atoms with van der Waals surface area (Å²) in [5, 5.41) is 11.7. The van der Waals surface area contributed by atoms with Crippen molar-refractivity contribution in [3.05, 3.63) is 0 Å². The zero-order valence-electron chi connectivity index (χ0n) is 13.3. The van der Waals surface area contributed by atoms with Crippen molar-refractivity contribution in [3.8, 4) is 0 Å². The van der Waals surface area contributed by atoms with Crippen LogP contribution in [0.2, 0.25) is 0 Å². The van der Waals surface area contributed by atoms with E-state index in [4.69, 9.17) is 4.74 Å². The average Bonchev–Trinajstić information content (AvgIpc) is 2.62. The highest BCUT2D eigenvalue weighted by Gasteiger charge is 2.64. The molecule has 0 N–H and O–H groups in total. The third-order valence-corrected chi connectivity index (χ3v) is 5.38. The summed E-state index contributed by atoms with van der Waals surface area (Å²) in [5.74, 6) is -2.19. The normalized spacial score (nSPS) is 37.4. The van der Waals surface area contributed by atoms with Gasteiger partial charge in [-0.15, -0.1) is 0 Å². The second-order valence-electron chi connectivity index (χ2n) is 8.27. The molecule has 2 aliphatic rings. The number of aliphatic carboxylic acids is 1. The van der Waals surface area contributed by atoms with Gasteiger partial charge >= 0.3 is 5.97 Å². The first-order valence-corrected chi connectivity index (χ1v) is 7.35. The Labute approximate surface area is 120 Å². The largest absolute Gasteiger partial charge is 0.550 e. The summed E-state index contributed by atoms with van der Waals surface area (Å²) < 4.78 is 5.50. The molecule has 0 radical (unpaired) electrons. The van der Waals surface area contributed by atoms with E-state index >= 15 is 0 Å². The lowest BCUT2D eigenvalue weighted by Crippen LogP contribution is -2.51. The molecule has 1 heterocycles. The van der Waals surface area contributed by atoms with Gasteiger partial charge < -0.3 is 14.6 Å². The van der Waals surface area contributed by atoms with Crippen LogP contribution in [0.1, 0.15) is 54.4 Å². The molecule has 4 atom stereocenters. The Morgan fingerprint density at radius 1 is 1.35 bits per heavy atom. The highest BCUT2D eigenvalue weighted by Crippen LogP contribution is 2.61. The SMILES string of the molecule is CC(C)(C)C(C(=O)[O-])C1(C)CCC2C1C(=O)OC2(C)C. The first-order chi connectivity index (χ1) is 8.91. The molecular weight excluding hydrogens is 256 g/mol. The van der Waals surface area contributed by atoms with Gasteiger partial charge in [-0.25, -0.2) is 0 Å².